The van der Waals surface area contributed by atoms with Gasteiger partial charge in [-0.15, -0.1) is 0 Å². The first-order valence-corrected chi connectivity index (χ1v) is 9.01. The Labute approximate surface area is 164 Å². The summed E-state index contributed by atoms with van der Waals surface area (Å²) in [5, 5.41) is 1.09. The average Bonchev–Trinajstić information content (AvgIpc) is 3.05. The molecule has 0 saturated heterocycles. The smallest absolute Gasteiger partial charge is 0.344 e. The van der Waals surface area contributed by atoms with E-state index in [1.807, 2.05) is 18.2 Å². The molecule has 0 saturated carbocycles. The highest BCUT2D eigenvalue weighted by Gasteiger charge is 2.25. The van der Waals surface area contributed by atoms with Crippen molar-refractivity contribution in [2.45, 2.75) is 6.92 Å². The highest BCUT2D eigenvalue weighted by molar-refractivity contribution is 6.32. The lowest BCUT2D eigenvalue weighted by atomic mass is 9.99. The normalized spacial score (nSPS) is 11.1. The number of aromatic nitrogens is 1. The zero-order valence-electron chi connectivity index (χ0n) is 15.2. The summed E-state index contributed by atoms with van der Waals surface area (Å²) in [6, 6.07) is 12.3. The summed E-state index contributed by atoms with van der Waals surface area (Å²) in [5.41, 5.74) is 1.67. The zero-order valence-corrected chi connectivity index (χ0v) is 15.9. The van der Waals surface area contributed by atoms with Crippen molar-refractivity contribution in [1.29, 1.82) is 0 Å². The Bertz CT molecular complexity index is 1270. The zero-order chi connectivity index (χ0) is 19.8. The van der Waals surface area contributed by atoms with Gasteiger partial charge >= 0.3 is 5.97 Å². The molecule has 2 heterocycles. The maximum absolute atomic E-state index is 12.8. The summed E-state index contributed by atoms with van der Waals surface area (Å²) in [6.45, 7) is 1.81. The van der Waals surface area contributed by atoms with E-state index < -0.39 is 11.5 Å². The monoisotopic (exact) mass is 397 g/mol. The highest BCUT2D eigenvalue weighted by atomic mass is 35.5. The number of benzene rings is 2. The van der Waals surface area contributed by atoms with E-state index >= 15 is 0 Å². The lowest BCUT2D eigenvalue weighted by molar-refractivity contribution is 0.0525. The number of rotatable bonds is 4. The van der Waals surface area contributed by atoms with Crippen LogP contribution in [0, 0.1) is 0 Å². The second-order valence-electron chi connectivity index (χ2n) is 6.08. The van der Waals surface area contributed by atoms with Crippen LogP contribution in [0.5, 0.6) is 5.75 Å². The second-order valence-corrected chi connectivity index (χ2v) is 6.48. The molecule has 0 bridgehead atoms. The number of pyridine rings is 1. The molecule has 0 unspecified atom stereocenters. The van der Waals surface area contributed by atoms with E-state index in [2.05, 4.69) is 4.98 Å². The number of aromatic amines is 1. The van der Waals surface area contributed by atoms with Crippen LogP contribution in [0.1, 0.15) is 17.3 Å². The number of para-hydroxylation sites is 1. The molecule has 0 spiro atoms. The maximum atomic E-state index is 12.8. The number of fused-ring (bicyclic) bond motifs is 3. The van der Waals surface area contributed by atoms with Gasteiger partial charge < -0.3 is 18.9 Å². The van der Waals surface area contributed by atoms with Gasteiger partial charge in [-0.2, -0.15) is 0 Å². The fraction of sp³-hybridized carbons (Fsp3) is 0.143. The van der Waals surface area contributed by atoms with Gasteiger partial charge in [-0.05, 0) is 36.8 Å². The van der Waals surface area contributed by atoms with Crippen LogP contribution in [-0.2, 0) is 4.74 Å². The Morgan fingerprint density at radius 1 is 1.21 bits per heavy atom. The Balaban J connectivity index is 2.13. The number of carbonyl (C=O) groups excluding carboxylic acids is 1. The van der Waals surface area contributed by atoms with Crippen molar-refractivity contribution in [2.75, 3.05) is 13.7 Å². The van der Waals surface area contributed by atoms with Crippen molar-refractivity contribution in [3.63, 3.8) is 0 Å². The van der Waals surface area contributed by atoms with Gasteiger partial charge in [0.2, 0.25) is 0 Å². The Hall–Kier alpha value is -3.25. The highest BCUT2D eigenvalue weighted by Crippen LogP contribution is 2.38. The first kappa shape index (κ1) is 18.1. The summed E-state index contributed by atoms with van der Waals surface area (Å²) in [6.07, 6.45) is 0. The number of hydrogen-bond acceptors (Lipinski definition) is 5. The van der Waals surface area contributed by atoms with Gasteiger partial charge in [-0.1, -0.05) is 29.8 Å². The van der Waals surface area contributed by atoms with Crippen molar-refractivity contribution >= 4 is 39.6 Å². The van der Waals surface area contributed by atoms with Crippen LogP contribution in [-0.4, -0.2) is 24.7 Å². The van der Waals surface area contributed by atoms with Crippen molar-refractivity contribution in [3.8, 4) is 16.9 Å². The number of nitrogens with one attached hydrogen (secondary N) is 1. The quantitative estimate of drug-likeness (QED) is 0.501. The molecule has 142 valence electrons. The third-order valence-electron chi connectivity index (χ3n) is 4.46. The summed E-state index contributed by atoms with van der Waals surface area (Å²) in [4.78, 5) is 28.2. The molecule has 1 N–H and O–H groups in total. The second kappa shape index (κ2) is 7.05. The first-order chi connectivity index (χ1) is 13.5. The van der Waals surface area contributed by atoms with Gasteiger partial charge in [0.15, 0.2) is 5.58 Å². The lowest BCUT2D eigenvalue weighted by Gasteiger charge is -2.11. The molecule has 0 aliphatic heterocycles. The summed E-state index contributed by atoms with van der Waals surface area (Å²) < 4.78 is 16.3. The Morgan fingerprint density at radius 3 is 2.71 bits per heavy atom. The topological polar surface area (TPSA) is 81.5 Å². The molecule has 28 heavy (non-hydrogen) atoms. The van der Waals surface area contributed by atoms with Crippen LogP contribution >= 0.6 is 11.6 Å². The predicted octanol–water partition coefficient (Wildman–Crippen LogP) is 4.78. The minimum Gasteiger partial charge on any atom is -0.495 e. The Morgan fingerprint density at radius 2 is 2.00 bits per heavy atom. The van der Waals surface area contributed by atoms with E-state index in [1.54, 1.807) is 31.2 Å². The minimum absolute atomic E-state index is 0.130. The number of ether oxygens (including phenoxy) is 2. The van der Waals surface area contributed by atoms with Crippen LogP contribution in [0.15, 0.2) is 51.7 Å². The van der Waals surface area contributed by atoms with Crippen LogP contribution in [0.4, 0.5) is 0 Å². The standard InChI is InChI=1S/C21H16ClNO5/c1-3-27-21(25)17-16(11-8-9-15(26-2)13(22)10-11)19-18(23-20(17)24)12-6-4-5-7-14(12)28-19/h4-10H,3H2,1-2H3,(H,23,24). The molecule has 0 atom stereocenters. The number of halogens is 1. The van der Waals surface area contributed by atoms with E-state index in [0.29, 0.717) is 38.6 Å². The Kier molecular flexibility index (Phi) is 4.57. The van der Waals surface area contributed by atoms with Crippen molar-refractivity contribution in [1.82, 2.24) is 4.98 Å². The summed E-state index contributed by atoms with van der Waals surface area (Å²) in [7, 11) is 1.51. The molecule has 0 aliphatic carbocycles. The van der Waals surface area contributed by atoms with Gasteiger partial charge in [-0.25, -0.2) is 4.79 Å². The average molecular weight is 398 g/mol. The third-order valence-corrected chi connectivity index (χ3v) is 4.75. The number of esters is 1. The van der Waals surface area contributed by atoms with Crippen molar-refractivity contribution in [3.05, 3.63) is 63.4 Å². The fourth-order valence-electron chi connectivity index (χ4n) is 3.24. The third kappa shape index (κ3) is 2.82. The molecular weight excluding hydrogens is 382 g/mol. The molecule has 0 radical (unpaired) electrons. The van der Waals surface area contributed by atoms with Gasteiger partial charge in [-0.3, -0.25) is 4.79 Å². The van der Waals surface area contributed by atoms with Crippen molar-refractivity contribution in [2.24, 2.45) is 0 Å². The van der Waals surface area contributed by atoms with E-state index in [0.717, 1.165) is 5.39 Å². The number of furan rings is 1. The van der Waals surface area contributed by atoms with E-state index in [9.17, 15) is 9.59 Å². The van der Waals surface area contributed by atoms with Gasteiger partial charge in [0, 0.05) is 10.9 Å². The SMILES string of the molecule is CCOC(=O)c1c(-c2ccc(OC)c(Cl)c2)c2oc3ccccc3c2[nH]c1=O. The van der Waals surface area contributed by atoms with Gasteiger partial charge in [0.1, 0.15) is 16.9 Å². The molecule has 7 heteroatoms. The molecule has 6 nitrogen and oxygen atoms in total. The van der Waals surface area contributed by atoms with E-state index in [4.69, 9.17) is 25.5 Å². The van der Waals surface area contributed by atoms with Crippen LogP contribution in [0.3, 0.4) is 0 Å². The predicted molar refractivity (Wildman–Crippen MR) is 107 cm³/mol. The molecule has 0 fully saturated rings. The maximum Gasteiger partial charge on any atom is 0.344 e. The molecule has 2 aromatic carbocycles. The molecule has 4 rings (SSSR count). The molecule has 2 aromatic heterocycles. The van der Waals surface area contributed by atoms with Gasteiger partial charge in [0.25, 0.3) is 5.56 Å². The summed E-state index contributed by atoms with van der Waals surface area (Å²) >= 11 is 6.28. The number of hydrogen-bond donors (Lipinski definition) is 1. The van der Waals surface area contributed by atoms with E-state index in [-0.39, 0.29) is 12.2 Å². The number of methoxy groups -OCH3 is 1. The van der Waals surface area contributed by atoms with Crippen molar-refractivity contribution < 1.29 is 18.7 Å². The fourth-order valence-corrected chi connectivity index (χ4v) is 3.50. The van der Waals surface area contributed by atoms with E-state index in [1.165, 1.54) is 7.11 Å². The minimum atomic E-state index is -0.729. The lowest BCUT2D eigenvalue weighted by Crippen LogP contribution is -2.21. The first-order valence-electron chi connectivity index (χ1n) is 8.63. The van der Waals surface area contributed by atoms with Crippen LogP contribution in [0.25, 0.3) is 33.2 Å². The van der Waals surface area contributed by atoms with Crippen LogP contribution < -0.4 is 10.3 Å². The van der Waals surface area contributed by atoms with Gasteiger partial charge in [0.05, 0.1) is 24.3 Å². The summed E-state index contributed by atoms with van der Waals surface area (Å²) in [5.74, 6) is -0.248. The molecular formula is C21H16ClNO5. The molecule has 0 aliphatic rings. The molecule has 0 amide bonds. The number of carbonyl (C=O) groups is 1. The largest absolute Gasteiger partial charge is 0.495 e. The molecule has 4 aromatic rings. The number of H-pyrrole nitrogens is 1. The van der Waals surface area contributed by atoms with Crippen LogP contribution in [0.2, 0.25) is 5.02 Å².